The maximum Gasteiger partial charge on any atom is 0.417 e. The number of carbonyl (C=O) groups is 1. The summed E-state index contributed by atoms with van der Waals surface area (Å²) in [5.41, 5.74) is -1.76. The van der Waals surface area contributed by atoms with E-state index < -0.39 is 41.2 Å². The van der Waals surface area contributed by atoms with Crippen LogP contribution in [0.15, 0.2) is 24.3 Å². The Labute approximate surface area is 173 Å². The number of hydrogen-bond donors (Lipinski definition) is 2. The molecule has 0 spiro atoms. The van der Waals surface area contributed by atoms with Gasteiger partial charge in [0.2, 0.25) is 5.91 Å². The molecule has 1 aliphatic heterocycles. The number of aryl methyl sites for hydroxylation is 1. The van der Waals surface area contributed by atoms with Crippen LogP contribution in [0.1, 0.15) is 23.2 Å². The fourth-order valence-electron chi connectivity index (χ4n) is 3.32. The highest BCUT2D eigenvalue weighted by molar-refractivity contribution is 6.31. The lowest BCUT2D eigenvalue weighted by Gasteiger charge is -2.28. The van der Waals surface area contributed by atoms with E-state index in [9.17, 15) is 32.7 Å². The van der Waals surface area contributed by atoms with Crippen LogP contribution in [0.2, 0.25) is 5.02 Å². The number of benzene rings is 1. The summed E-state index contributed by atoms with van der Waals surface area (Å²) in [6.07, 6.45) is -5.94. The van der Waals surface area contributed by atoms with Crippen LogP contribution in [0.25, 0.3) is 0 Å². The number of aliphatic hydroxyl groups is 1. The molecule has 3 rings (SSSR count). The molecule has 2 heterocycles. The van der Waals surface area contributed by atoms with Gasteiger partial charge in [-0.2, -0.15) is 18.4 Å². The first kappa shape index (κ1) is 21.8. The number of carbonyl (C=O) groups excluding carboxylic acids is 1. The van der Waals surface area contributed by atoms with E-state index in [1.165, 1.54) is 24.0 Å². The largest absolute Gasteiger partial charge is 0.417 e. The predicted molar refractivity (Wildman–Crippen MR) is 100 cm³/mol. The zero-order chi connectivity index (χ0) is 22.2. The summed E-state index contributed by atoms with van der Waals surface area (Å²) >= 11 is 5.69. The van der Waals surface area contributed by atoms with E-state index in [4.69, 9.17) is 11.6 Å². The van der Waals surface area contributed by atoms with E-state index in [1.54, 1.807) is 0 Å². The van der Waals surface area contributed by atoms with Gasteiger partial charge in [0.1, 0.15) is 29.3 Å². The average Bonchev–Trinajstić information content (AvgIpc) is 3.04. The fraction of sp³-hybridized carbons (Fsp3) is 0.316. The molecular weight excluding hydrogens is 428 g/mol. The van der Waals surface area contributed by atoms with Crippen molar-refractivity contribution in [2.75, 3.05) is 16.8 Å². The number of rotatable bonds is 3. The molecule has 2 aromatic rings. The molecule has 1 amide bonds. The van der Waals surface area contributed by atoms with Crippen molar-refractivity contribution in [1.82, 2.24) is 4.98 Å². The SMILES string of the molecule is Cc1cc(C(F)(F)F)c(C#N)c(N2CC[C@H](O)[C@H]2C(=O)Nc2ccc(F)c(Cl)c2)n1. The molecule has 11 heteroatoms. The summed E-state index contributed by atoms with van der Waals surface area (Å²) in [5, 5.41) is 21.9. The molecule has 0 radical (unpaired) electrons. The Bertz CT molecular complexity index is 1040. The van der Waals surface area contributed by atoms with Gasteiger partial charge in [-0.15, -0.1) is 0 Å². The minimum atomic E-state index is -4.80. The highest BCUT2D eigenvalue weighted by Crippen LogP contribution is 2.37. The Morgan fingerprint density at radius 2 is 2.10 bits per heavy atom. The Hall–Kier alpha value is -2.90. The number of nitrogens with one attached hydrogen (secondary N) is 1. The highest BCUT2D eigenvalue weighted by atomic mass is 35.5. The molecule has 30 heavy (non-hydrogen) atoms. The number of aliphatic hydroxyl groups excluding tert-OH is 1. The summed E-state index contributed by atoms with van der Waals surface area (Å²) in [4.78, 5) is 18.0. The molecule has 0 bridgehead atoms. The molecule has 1 aliphatic rings. The first-order valence-corrected chi connectivity index (χ1v) is 9.10. The van der Waals surface area contributed by atoms with Crippen molar-refractivity contribution in [2.24, 2.45) is 0 Å². The molecule has 6 nitrogen and oxygen atoms in total. The van der Waals surface area contributed by atoms with Gasteiger partial charge in [0.05, 0.1) is 16.7 Å². The molecule has 1 saturated heterocycles. The number of nitrogens with zero attached hydrogens (tertiary/aromatic N) is 3. The lowest BCUT2D eigenvalue weighted by molar-refractivity contribution is -0.137. The molecule has 1 fully saturated rings. The van der Waals surface area contributed by atoms with Gasteiger partial charge in [0.25, 0.3) is 0 Å². The smallest absolute Gasteiger partial charge is 0.390 e. The molecule has 0 saturated carbocycles. The first-order valence-electron chi connectivity index (χ1n) is 8.72. The molecule has 2 atom stereocenters. The Kier molecular flexibility index (Phi) is 5.87. The van der Waals surface area contributed by atoms with E-state index in [2.05, 4.69) is 10.3 Å². The number of amides is 1. The van der Waals surface area contributed by atoms with Gasteiger partial charge in [0, 0.05) is 17.9 Å². The van der Waals surface area contributed by atoms with Crippen molar-refractivity contribution in [2.45, 2.75) is 31.7 Å². The van der Waals surface area contributed by atoms with Gasteiger partial charge in [-0.1, -0.05) is 11.6 Å². The van der Waals surface area contributed by atoms with E-state index in [1.807, 2.05) is 0 Å². The number of hydrogen-bond acceptors (Lipinski definition) is 5. The van der Waals surface area contributed by atoms with E-state index in [-0.39, 0.29) is 35.2 Å². The number of nitriles is 1. The van der Waals surface area contributed by atoms with Crippen molar-refractivity contribution < 1.29 is 27.5 Å². The van der Waals surface area contributed by atoms with Crippen LogP contribution in [-0.2, 0) is 11.0 Å². The van der Waals surface area contributed by atoms with Gasteiger partial charge >= 0.3 is 6.18 Å². The molecule has 2 N–H and O–H groups in total. The number of aromatic nitrogens is 1. The van der Waals surface area contributed by atoms with Gasteiger partial charge in [-0.3, -0.25) is 4.79 Å². The minimum absolute atomic E-state index is 0.00203. The second-order valence-electron chi connectivity index (χ2n) is 6.73. The van der Waals surface area contributed by atoms with Crippen LogP contribution in [0.4, 0.5) is 29.1 Å². The van der Waals surface area contributed by atoms with Crippen molar-refractivity contribution >= 4 is 29.0 Å². The monoisotopic (exact) mass is 442 g/mol. The van der Waals surface area contributed by atoms with Gasteiger partial charge in [0.15, 0.2) is 0 Å². The quantitative estimate of drug-likeness (QED) is 0.708. The summed E-state index contributed by atoms with van der Waals surface area (Å²) in [5.74, 6) is -1.79. The zero-order valence-electron chi connectivity index (χ0n) is 15.5. The number of pyridine rings is 1. The van der Waals surface area contributed by atoms with E-state index >= 15 is 0 Å². The van der Waals surface area contributed by atoms with Crippen LogP contribution in [0, 0.1) is 24.1 Å². The van der Waals surface area contributed by atoms with Crippen LogP contribution < -0.4 is 10.2 Å². The van der Waals surface area contributed by atoms with E-state index in [0.29, 0.717) is 0 Å². The Morgan fingerprint density at radius 3 is 2.70 bits per heavy atom. The summed E-state index contributed by atoms with van der Waals surface area (Å²) in [6, 6.07) is 4.40. The molecule has 1 aromatic heterocycles. The lowest BCUT2D eigenvalue weighted by Crippen LogP contribution is -2.46. The van der Waals surface area contributed by atoms with Crippen LogP contribution in [0.3, 0.4) is 0 Å². The maximum absolute atomic E-state index is 13.4. The summed E-state index contributed by atoms with van der Waals surface area (Å²) < 4.78 is 53.5. The molecular formula is C19H15ClF4N4O2. The summed E-state index contributed by atoms with van der Waals surface area (Å²) in [7, 11) is 0. The van der Waals surface area contributed by atoms with E-state index in [0.717, 1.165) is 18.2 Å². The lowest BCUT2D eigenvalue weighted by atomic mass is 10.1. The maximum atomic E-state index is 13.4. The first-order chi connectivity index (χ1) is 14.0. The molecule has 1 aromatic carbocycles. The third kappa shape index (κ3) is 4.17. The molecule has 0 aliphatic carbocycles. The zero-order valence-corrected chi connectivity index (χ0v) is 16.2. The van der Waals surface area contributed by atoms with Crippen LogP contribution in [-0.4, -0.2) is 34.7 Å². The minimum Gasteiger partial charge on any atom is -0.390 e. The second-order valence-corrected chi connectivity index (χ2v) is 7.14. The predicted octanol–water partition coefficient (Wildman–Crippen LogP) is 3.65. The highest BCUT2D eigenvalue weighted by Gasteiger charge is 2.43. The van der Waals surface area contributed by atoms with Crippen LogP contribution in [0.5, 0.6) is 0 Å². The van der Waals surface area contributed by atoms with Crippen molar-refractivity contribution in [1.29, 1.82) is 5.26 Å². The van der Waals surface area contributed by atoms with Gasteiger partial charge in [-0.25, -0.2) is 9.37 Å². The standard InChI is InChI=1S/C19H15ClF4N4O2/c1-9-6-12(19(22,23)24)11(8-25)17(26-9)28-5-4-15(29)16(28)18(30)27-10-2-3-14(21)13(20)7-10/h2-3,6-7,15-16,29H,4-5H2,1H3,(H,27,30)/t15-,16-/m0/s1. The average molecular weight is 443 g/mol. The molecule has 158 valence electrons. The molecule has 0 unspecified atom stereocenters. The van der Waals surface area contributed by atoms with Crippen molar-refractivity contribution in [3.63, 3.8) is 0 Å². The van der Waals surface area contributed by atoms with Crippen molar-refractivity contribution in [3.05, 3.63) is 51.9 Å². The summed E-state index contributed by atoms with van der Waals surface area (Å²) in [6.45, 7) is 1.34. The second kappa shape index (κ2) is 8.08. The van der Waals surface area contributed by atoms with Gasteiger partial charge < -0.3 is 15.3 Å². The fourth-order valence-corrected chi connectivity index (χ4v) is 3.50. The Morgan fingerprint density at radius 1 is 1.40 bits per heavy atom. The van der Waals surface area contributed by atoms with Crippen LogP contribution >= 0.6 is 11.6 Å². The van der Waals surface area contributed by atoms with Crippen molar-refractivity contribution in [3.8, 4) is 6.07 Å². The number of alkyl halides is 3. The number of anilines is 2. The van der Waals surface area contributed by atoms with Gasteiger partial charge in [-0.05, 0) is 37.6 Å². The normalized spacial score (nSPS) is 18.9. The topological polar surface area (TPSA) is 89.3 Å². The number of halogens is 5. The third-order valence-electron chi connectivity index (χ3n) is 4.64. The third-order valence-corrected chi connectivity index (χ3v) is 4.93. The Balaban J connectivity index is 2.00.